The number of hydrogen-bond acceptors (Lipinski definition) is 2. The second-order valence-corrected chi connectivity index (χ2v) is 6.87. The molecule has 0 unspecified atom stereocenters. The monoisotopic (exact) mass is 419 g/mol. The lowest BCUT2D eigenvalue weighted by atomic mass is 10.1. The Morgan fingerprint density at radius 2 is 1.69 bits per heavy atom. The molecule has 6 heteroatoms. The summed E-state index contributed by atoms with van der Waals surface area (Å²) in [5.74, 6) is -0.581. The van der Waals surface area contributed by atoms with Crippen molar-refractivity contribution in [2.45, 2.75) is 20.4 Å². The zero-order valence-electron chi connectivity index (χ0n) is 14.2. The number of benzene rings is 2. The Hall–Kier alpha value is -2.47. The fraction of sp³-hybridized carbons (Fsp3) is 0.150. The van der Waals surface area contributed by atoms with E-state index >= 15 is 0 Å². The summed E-state index contributed by atoms with van der Waals surface area (Å²) in [4.78, 5) is 12.4. The first-order chi connectivity index (χ1) is 12.3. The predicted molar refractivity (Wildman–Crippen MR) is 98.8 cm³/mol. The number of carbonyl (C=O) groups is 1. The van der Waals surface area contributed by atoms with Gasteiger partial charge in [-0.2, -0.15) is 0 Å². The summed E-state index contributed by atoms with van der Waals surface area (Å²) in [5, 5.41) is 2.66. The van der Waals surface area contributed by atoms with Crippen LogP contribution >= 0.6 is 15.9 Å². The van der Waals surface area contributed by atoms with Gasteiger partial charge in [0.25, 0.3) is 5.91 Å². The van der Waals surface area contributed by atoms with Gasteiger partial charge in [-0.3, -0.25) is 4.79 Å². The Kier molecular flexibility index (Phi) is 5.23. The van der Waals surface area contributed by atoms with E-state index < -0.39 is 11.6 Å². The van der Waals surface area contributed by atoms with E-state index in [1.54, 1.807) is 13.0 Å². The number of hydrogen-bond donors (Lipinski definition) is 1. The summed E-state index contributed by atoms with van der Waals surface area (Å²) < 4.78 is 33.8. The number of carbonyl (C=O) groups excluding carboxylic acids is 1. The third-order valence-electron chi connectivity index (χ3n) is 4.08. The minimum atomic E-state index is -0.633. The molecule has 0 spiro atoms. The summed E-state index contributed by atoms with van der Waals surface area (Å²) in [6.07, 6.45) is 0. The molecule has 0 aliphatic heterocycles. The highest BCUT2D eigenvalue weighted by molar-refractivity contribution is 9.10. The number of amides is 1. The molecule has 3 aromatic rings. The predicted octanol–water partition coefficient (Wildman–Crippen LogP) is 5.53. The van der Waals surface area contributed by atoms with E-state index in [9.17, 15) is 13.6 Å². The van der Waals surface area contributed by atoms with Crippen LogP contribution in [-0.4, -0.2) is 5.91 Å². The molecule has 1 amide bonds. The second kappa shape index (κ2) is 7.41. The average Bonchev–Trinajstić information content (AvgIpc) is 3.00. The van der Waals surface area contributed by atoms with Crippen LogP contribution in [0.25, 0.3) is 11.3 Å². The van der Waals surface area contributed by atoms with Gasteiger partial charge in [0.15, 0.2) is 0 Å². The van der Waals surface area contributed by atoms with Crippen LogP contribution < -0.4 is 5.32 Å². The van der Waals surface area contributed by atoms with Crippen LogP contribution in [0.4, 0.5) is 8.78 Å². The minimum absolute atomic E-state index is 0.0190. The molecule has 26 heavy (non-hydrogen) atoms. The van der Waals surface area contributed by atoms with Crippen molar-refractivity contribution in [1.29, 1.82) is 0 Å². The van der Waals surface area contributed by atoms with Gasteiger partial charge in [0.05, 0.1) is 5.56 Å². The molecular formula is C20H16BrF2NO2. The summed E-state index contributed by atoms with van der Waals surface area (Å²) in [7, 11) is 0. The summed E-state index contributed by atoms with van der Waals surface area (Å²) in [5.41, 5.74) is 1.55. The van der Waals surface area contributed by atoms with Gasteiger partial charge >= 0.3 is 0 Å². The van der Waals surface area contributed by atoms with Crippen molar-refractivity contribution in [3.8, 4) is 11.3 Å². The SMILES string of the molecule is Cc1oc(-c2ccc(Br)cc2)cc1C(=O)NCc1cc(F)c(C)c(F)c1. The zero-order chi connectivity index (χ0) is 18.8. The fourth-order valence-corrected chi connectivity index (χ4v) is 2.81. The third-order valence-corrected chi connectivity index (χ3v) is 4.61. The normalized spacial score (nSPS) is 10.8. The Morgan fingerprint density at radius 3 is 2.31 bits per heavy atom. The van der Waals surface area contributed by atoms with Crippen molar-refractivity contribution >= 4 is 21.8 Å². The highest BCUT2D eigenvalue weighted by Gasteiger charge is 2.16. The maximum absolute atomic E-state index is 13.6. The van der Waals surface area contributed by atoms with Gasteiger partial charge in [0, 0.05) is 22.1 Å². The van der Waals surface area contributed by atoms with Crippen LogP contribution in [0.1, 0.15) is 27.2 Å². The number of aryl methyl sites for hydroxylation is 1. The summed E-state index contributed by atoms with van der Waals surface area (Å²) in [6, 6.07) is 11.6. The molecule has 1 aromatic heterocycles. The summed E-state index contributed by atoms with van der Waals surface area (Å²) in [6.45, 7) is 3.08. The molecule has 2 aromatic carbocycles. The number of furan rings is 1. The lowest BCUT2D eigenvalue weighted by Gasteiger charge is -2.07. The van der Waals surface area contributed by atoms with Crippen molar-refractivity contribution in [3.63, 3.8) is 0 Å². The Balaban J connectivity index is 1.75. The van der Waals surface area contributed by atoms with Gasteiger partial charge in [0.2, 0.25) is 0 Å². The maximum Gasteiger partial charge on any atom is 0.255 e. The first-order valence-corrected chi connectivity index (χ1v) is 8.73. The Bertz CT molecular complexity index is 941. The molecule has 0 radical (unpaired) electrons. The lowest BCUT2D eigenvalue weighted by Crippen LogP contribution is -2.23. The van der Waals surface area contributed by atoms with Crippen LogP contribution in [0.15, 0.2) is 51.4 Å². The van der Waals surface area contributed by atoms with Crippen LogP contribution in [0, 0.1) is 25.5 Å². The molecule has 0 aliphatic carbocycles. The molecule has 1 heterocycles. The van der Waals surface area contributed by atoms with Crippen LogP contribution in [0.2, 0.25) is 0 Å². The van der Waals surface area contributed by atoms with E-state index in [2.05, 4.69) is 21.2 Å². The highest BCUT2D eigenvalue weighted by atomic mass is 79.9. The van der Waals surface area contributed by atoms with Crippen molar-refractivity contribution < 1.29 is 18.0 Å². The van der Waals surface area contributed by atoms with Gasteiger partial charge in [-0.1, -0.05) is 28.1 Å². The van der Waals surface area contributed by atoms with Crippen LogP contribution in [0.5, 0.6) is 0 Å². The van der Waals surface area contributed by atoms with Gasteiger partial charge < -0.3 is 9.73 Å². The molecule has 1 N–H and O–H groups in total. The number of halogens is 3. The van der Waals surface area contributed by atoms with Crippen LogP contribution in [0.3, 0.4) is 0 Å². The second-order valence-electron chi connectivity index (χ2n) is 5.95. The molecule has 0 saturated carbocycles. The fourth-order valence-electron chi connectivity index (χ4n) is 2.54. The average molecular weight is 420 g/mol. The van der Waals surface area contributed by atoms with Crippen molar-refractivity contribution in [2.75, 3.05) is 0 Å². The molecule has 0 saturated heterocycles. The molecule has 0 bridgehead atoms. The van der Waals surface area contributed by atoms with E-state index in [1.807, 2.05) is 24.3 Å². The first-order valence-electron chi connectivity index (χ1n) is 7.94. The first kappa shape index (κ1) is 18.3. The van der Waals surface area contributed by atoms with Crippen LogP contribution in [-0.2, 0) is 6.54 Å². The molecule has 134 valence electrons. The van der Waals surface area contributed by atoms with E-state index in [4.69, 9.17) is 4.42 Å². The molecule has 0 aliphatic rings. The van der Waals surface area contributed by atoms with Gasteiger partial charge in [-0.15, -0.1) is 0 Å². The quantitative estimate of drug-likeness (QED) is 0.603. The van der Waals surface area contributed by atoms with Gasteiger partial charge in [0.1, 0.15) is 23.2 Å². The zero-order valence-corrected chi connectivity index (χ0v) is 15.8. The van der Waals surface area contributed by atoms with E-state index in [1.165, 1.54) is 19.1 Å². The van der Waals surface area contributed by atoms with Crippen molar-refractivity contribution in [3.05, 3.63) is 81.0 Å². The number of nitrogens with one attached hydrogen (secondary N) is 1. The third kappa shape index (κ3) is 3.85. The van der Waals surface area contributed by atoms with Crippen molar-refractivity contribution in [1.82, 2.24) is 5.32 Å². The smallest absolute Gasteiger partial charge is 0.255 e. The van der Waals surface area contributed by atoms with Gasteiger partial charge in [-0.05, 0) is 49.7 Å². The summed E-state index contributed by atoms with van der Waals surface area (Å²) >= 11 is 3.37. The highest BCUT2D eigenvalue weighted by Crippen LogP contribution is 2.26. The van der Waals surface area contributed by atoms with E-state index in [-0.39, 0.29) is 18.0 Å². The van der Waals surface area contributed by atoms with E-state index in [0.717, 1.165) is 10.0 Å². The number of rotatable bonds is 4. The molecule has 0 fully saturated rings. The molecule has 3 rings (SSSR count). The van der Waals surface area contributed by atoms with Gasteiger partial charge in [-0.25, -0.2) is 8.78 Å². The maximum atomic E-state index is 13.6. The Labute approximate surface area is 158 Å². The molecule has 3 nitrogen and oxygen atoms in total. The standard InChI is InChI=1S/C20H16BrF2NO2/c1-11-17(22)7-13(8-18(11)23)10-24-20(25)16-9-19(26-12(16)2)14-3-5-15(21)6-4-14/h3-9H,10H2,1-2H3,(H,24,25). The minimum Gasteiger partial charge on any atom is -0.461 e. The largest absolute Gasteiger partial charge is 0.461 e. The lowest BCUT2D eigenvalue weighted by molar-refractivity contribution is 0.0949. The molecule has 0 atom stereocenters. The van der Waals surface area contributed by atoms with Crippen molar-refractivity contribution in [2.24, 2.45) is 0 Å². The molecular weight excluding hydrogens is 404 g/mol. The van der Waals surface area contributed by atoms with E-state index in [0.29, 0.717) is 22.6 Å². The Morgan fingerprint density at radius 1 is 1.08 bits per heavy atom. The topological polar surface area (TPSA) is 42.2 Å².